The number of amides is 1. The van der Waals surface area contributed by atoms with Crippen LogP contribution in [0.1, 0.15) is 30.4 Å². The molecule has 5 nitrogen and oxygen atoms in total. The minimum atomic E-state index is -4.39. The molecule has 184 valence electrons. The number of anilines is 1. The molecule has 0 radical (unpaired) electrons. The number of rotatable bonds is 5. The molecule has 1 aliphatic carbocycles. The molecule has 35 heavy (non-hydrogen) atoms. The van der Waals surface area contributed by atoms with Gasteiger partial charge in [-0.15, -0.1) is 0 Å². The Morgan fingerprint density at radius 1 is 0.971 bits per heavy atom. The molecule has 0 bridgehead atoms. The van der Waals surface area contributed by atoms with Gasteiger partial charge in [0.05, 0.1) is 5.56 Å². The zero-order chi connectivity index (χ0) is 24.4. The summed E-state index contributed by atoms with van der Waals surface area (Å²) in [7, 11) is 0. The maximum Gasteiger partial charge on any atom is 0.416 e. The summed E-state index contributed by atoms with van der Waals surface area (Å²) < 4.78 is 39.0. The van der Waals surface area contributed by atoms with E-state index in [-0.39, 0.29) is 11.8 Å². The lowest BCUT2D eigenvalue weighted by Gasteiger charge is -2.36. The van der Waals surface area contributed by atoms with Gasteiger partial charge in [0, 0.05) is 50.9 Å². The Hall–Kier alpha value is -3.13. The van der Waals surface area contributed by atoms with Gasteiger partial charge in [-0.2, -0.15) is 13.2 Å². The molecule has 1 saturated heterocycles. The normalized spacial score (nSPS) is 21.0. The first-order valence-corrected chi connectivity index (χ1v) is 12.1. The van der Waals surface area contributed by atoms with Crippen molar-refractivity contribution >= 4 is 22.5 Å². The van der Waals surface area contributed by atoms with Gasteiger partial charge in [0.2, 0.25) is 5.91 Å². The van der Waals surface area contributed by atoms with Crippen molar-refractivity contribution in [2.24, 2.45) is 5.92 Å². The van der Waals surface area contributed by atoms with Crippen LogP contribution >= 0.6 is 0 Å². The number of pyridine rings is 1. The standard InChI is InChI=1S/C27H29F3N4O/c28-27(29,30)23-9-10-31-25(17-23)33-11-13-34(14-12-33)26(35)22-7-8-24(16-22)32-18-19-5-6-20-3-1-2-4-21(20)15-19/h1-6,9-10,15,17,22,24,32H,7-8,11-14,16,18H2. The molecule has 2 unspecified atom stereocenters. The number of nitrogens with one attached hydrogen (secondary N) is 1. The summed E-state index contributed by atoms with van der Waals surface area (Å²) in [5, 5.41) is 6.07. The predicted octanol–water partition coefficient (Wildman–Crippen LogP) is 4.86. The van der Waals surface area contributed by atoms with Crippen LogP contribution in [0.2, 0.25) is 0 Å². The first-order valence-electron chi connectivity index (χ1n) is 12.1. The van der Waals surface area contributed by atoms with Crippen LogP contribution in [0, 0.1) is 5.92 Å². The van der Waals surface area contributed by atoms with Crippen LogP contribution in [0.25, 0.3) is 10.8 Å². The fourth-order valence-electron chi connectivity index (χ4n) is 5.18. The minimum Gasteiger partial charge on any atom is -0.353 e. The van der Waals surface area contributed by atoms with Crippen molar-refractivity contribution in [2.75, 3.05) is 31.1 Å². The van der Waals surface area contributed by atoms with E-state index in [9.17, 15) is 18.0 Å². The van der Waals surface area contributed by atoms with Crippen molar-refractivity contribution in [1.82, 2.24) is 15.2 Å². The predicted molar refractivity (Wildman–Crippen MR) is 130 cm³/mol. The molecule has 1 aromatic heterocycles. The van der Waals surface area contributed by atoms with E-state index in [0.717, 1.165) is 37.9 Å². The van der Waals surface area contributed by atoms with Gasteiger partial charge in [-0.25, -0.2) is 4.98 Å². The summed E-state index contributed by atoms with van der Waals surface area (Å²) in [6.45, 7) is 2.75. The van der Waals surface area contributed by atoms with Gasteiger partial charge in [-0.05, 0) is 53.8 Å². The molecule has 2 aliphatic rings. The van der Waals surface area contributed by atoms with Crippen LogP contribution in [-0.4, -0.2) is 48.0 Å². The molecular formula is C27H29F3N4O. The average molecular weight is 483 g/mol. The second kappa shape index (κ2) is 9.85. The Kier molecular flexibility index (Phi) is 6.65. The quantitative estimate of drug-likeness (QED) is 0.564. The van der Waals surface area contributed by atoms with Crippen LogP contribution < -0.4 is 10.2 Å². The molecule has 8 heteroatoms. The maximum atomic E-state index is 13.1. The number of piperazine rings is 1. The summed E-state index contributed by atoms with van der Waals surface area (Å²) in [6, 6.07) is 17.2. The number of carbonyl (C=O) groups excluding carboxylic acids is 1. The van der Waals surface area contributed by atoms with E-state index >= 15 is 0 Å². The van der Waals surface area contributed by atoms with Crippen molar-refractivity contribution in [2.45, 2.75) is 38.0 Å². The molecule has 2 aromatic carbocycles. The van der Waals surface area contributed by atoms with Gasteiger partial charge < -0.3 is 15.1 Å². The third kappa shape index (κ3) is 5.42. The lowest BCUT2D eigenvalue weighted by Crippen LogP contribution is -2.50. The van der Waals surface area contributed by atoms with Crippen LogP contribution in [0.4, 0.5) is 19.0 Å². The van der Waals surface area contributed by atoms with E-state index in [2.05, 4.69) is 40.6 Å². The summed E-state index contributed by atoms with van der Waals surface area (Å²) in [6.07, 6.45) is -0.542. The third-order valence-electron chi connectivity index (χ3n) is 7.18. The molecule has 2 heterocycles. The molecular weight excluding hydrogens is 453 g/mol. The molecule has 1 N–H and O–H groups in total. The summed E-state index contributed by atoms with van der Waals surface area (Å²) in [5.41, 5.74) is 0.534. The number of fused-ring (bicyclic) bond motifs is 1. The third-order valence-corrected chi connectivity index (χ3v) is 7.18. The summed E-state index contributed by atoms with van der Waals surface area (Å²) in [5.74, 6) is 0.477. The summed E-state index contributed by atoms with van der Waals surface area (Å²) >= 11 is 0. The van der Waals surface area contributed by atoms with Gasteiger partial charge in [0.25, 0.3) is 0 Å². The van der Waals surface area contributed by atoms with E-state index in [1.54, 1.807) is 0 Å². The number of carbonyl (C=O) groups is 1. The largest absolute Gasteiger partial charge is 0.416 e. The van der Waals surface area contributed by atoms with E-state index in [1.807, 2.05) is 21.9 Å². The topological polar surface area (TPSA) is 48.5 Å². The number of hydrogen-bond acceptors (Lipinski definition) is 4. The zero-order valence-corrected chi connectivity index (χ0v) is 19.5. The number of halogens is 3. The zero-order valence-electron chi connectivity index (χ0n) is 19.5. The minimum absolute atomic E-state index is 0.00216. The highest BCUT2D eigenvalue weighted by Gasteiger charge is 2.35. The van der Waals surface area contributed by atoms with Crippen molar-refractivity contribution in [3.8, 4) is 0 Å². The van der Waals surface area contributed by atoms with Crippen LogP contribution in [0.15, 0.2) is 60.8 Å². The maximum absolute atomic E-state index is 13.1. The lowest BCUT2D eigenvalue weighted by atomic mass is 10.0. The van der Waals surface area contributed by atoms with Crippen molar-refractivity contribution in [3.05, 3.63) is 71.9 Å². The van der Waals surface area contributed by atoms with Crippen LogP contribution in [0.3, 0.4) is 0 Å². The fraction of sp³-hybridized carbons (Fsp3) is 0.407. The average Bonchev–Trinajstić information content (AvgIpc) is 3.36. The number of benzene rings is 2. The molecule has 0 spiro atoms. The second-order valence-corrected chi connectivity index (χ2v) is 9.48. The molecule has 2 fully saturated rings. The van der Waals surface area contributed by atoms with E-state index in [4.69, 9.17) is 0 Å². The van der Waals surface area contributed by atoms with Gasteiger partial charge in [0.15, 0.2) is 0 Å². The van der Waals surface area contributed by atoms with Crippen LogP contribution in [0.5, 0.6) is 0 Å². The highest BCUT2D eigenvalue weighted by molar-refractivity contribution is 5.83. The smallest absolute Gasteiger partial charge is 0.353 e. The Balaban J connectivity index is 1.11. The van der Waals surface area contributed by atoms with Crippen molar-refractivity contribution in [3.63, 3.8) is 0 Å². The number of hydrogen-bond donors (Lipinski definition) is 1. The molecule has 3 aromatic rings. The number of aromatic nitrogens is 1. The highest BCUT2D eigenvalue weighted by Crippen LogP contribution is 2.32. The molecule has 5 rings (SSSR count). The Morgan fingerprint density at radius 2 is 1.74 bits per heavy atom. The highest BCUT2D eigenvalue weighted by atomic mass is 19.4. The fourth-order valence-corrected chi connectivity index (χ4v) is 5.18. The second-order valence-electron chi connectivity index (χ2n) is 9.48. The Bertz CT molecular complexity index is 1190. The van der Waals surface area contributed by atoms with E-state index < -0.39 is 11.7 Å². The lowest BCUT2D eigenvalue weighted by molar-refractivity contribution is -0.137. The molecule has 1 amide bonds. The van der Waals surface area contributed by atoms with Crippen LogP contribution in [-0.2, 0) is 17.5 Å². The van der Waals surface area contributed by atoms with Gasteiger partial charge >= 0.3 is 6.18 Å². The van der Waals surface area contributed by atoms with Crippen molar-refractivity contribution < 1.29 is 18.0 Å². The number of alkyl halides is 3. The van der Waals surface area contributed by atoms with E-state index in [0.29, 0.717) is 38.0 Å². The SMILES string of the molecule is O=C(C1CCC(NCc2ccc3ccccc3c2)C1)N1CCN(c2cc(C(F)(F)F)ccn2)CC1. The molecule has 1 saturated carbocycles. The first-order chi connectivity index (χ1) is 16.9. The monoisotopic (exact) mass is 482 g/mol. The van der Waals surface area contributed by atoms with E-state index in [1.165, 1.54) is 22.5 Å². The first kappa shape index (κ1) is 23.6. The molecule has 2 atom stereocenters. The van der Waals surface area contributed by atoms with Gasteiger partial charge in [-0.1, -0.05) is 36.4 Å². The van der Waals surface area contributed by atoms with Gasteiger partial charge in [-0.3, -0.25) is 4.79 Å². The Labute approximate surface area is 202 Å². The van der Waals surface area contributed by atoms with Crippen molar-refractivity contribution in [1.29, 1.82) is 0 Å². The number of nitrogens with zero attached hydrogens (tertiary/aromatic N) is 3. The van der Waals surface area contributed by atoms with Gasteiger partial charge in [0.1, 0.15) is 5.82 Å². The summed E-state index contributed by atoms with van der Waals surface area (Å²) in [4.78, 5) is 20.9. The molecule has 1 aliphatic heterocycles. The Morgan fingerprint density at radius 3 is 2.51 bits per heavy atom.